The third-order valence-corrected chi connectivity index (χ3v) is 4.79. The maximum absolute atomic E-state index is 14.1. The number of para-hydroxylation sites is 1. The summed E-state index contributed by atoms with van der Waals surface area (Å²) in [4.78, 5) is 0.0849. The number of ether oxygens (including phenoxy) is 1. The molecule has 0 heterocycles. The van der Waals surface area contributed by atoms with Gasteiger partial charge in [-0.2, -0.15) is 0 Å². The molecule has 2 aromatic carbocycles. The summed E-state index contributed by atoms with van der Waals surface area (Å²) >= 11 is 0. The van der Waals surface area contributed by atoms with Gasteiger partial charge in [0.05, 0.1) is 10.6 Å². The summed E-state index contributed by atoms with van der Waals surface area (Å²) in [6.45, 7) is 2.96. The molecular formula is C17H21FN2O3S. The molecule has 2 N–H and O–H groups in total. The van der Waals surface area contributed by atoms with Gasteiger partial charge in [0.15, 0.2) is 0 Å². The van der Waals surface area contributed by atoms with Gasteiger partial charge in [0, 0.05) is 20.3 Å². The molecule has 24 heavy (non-hydrogen) atoms. The van der Waals surface area contributed by atoms with Crippen LogP contribution in [0.25, 0.3) is 0 Å². The molecular weight excluding hydrogens is 331 g/mol. The molecule has 0 aliphatic rings. The minimum Gasteiger partial charge on any atom is -0.385 e. The molecule has 0 aliphatic heterocycles. The fraction of sp³-hybridized carbons (Fsp3) is 0.294. The van der Waals surface area contributed by atoms with Gasteiger partial charge in [-0.1, -0.05) is 23.8 Å². The van der Waals surface area contributed by atoms with E-state index in [4.69, 9.17) is 4.74 Å². The summed E-state index contributed by atoms with van der Waals surface area (Å²) in [5, 5.41) is 3.03. The van der Waals surface area contributed by atoms with Crippen molar-refractivity contribution in [3.05, 3.63) is 53.8 Å². The second kappa shape index (κ2) is 8.12. The van der Waals surface area contributed by atoms with Crippen LogP contribution in [0.1, 0.15) is 12.0 Å². The number of hydrogen-bond acceptors (Lipinski definition) is 4. The molecule has 130 valence electrons. The lowest BCUT2D eigenvalue weighted by Gasteiger charge is -2.15. The zero-order valence-electron chi connectivity index (χ0n) is 13.7. The molecule has 0 bridgehead atoms. The largest absolute Gasteiger partial charge is 0.385 e. The Morgan fingerprint density at radius 2 is 1.83 bits per heavy atom. The van der Waals surface area contributed by atoms with E-state index in [0.717, 1.165) is 12.0 Å². The molecule has 2 rings (SSSR count). The van der Waals surface area contributed by atoms with E-state index in [-0.39, 0.29) is 10.6 Å². The lowest BCUT2D eigenvalue weighted by molar-refractivity contribution is 0.198. The number of benzene rings is 2. The third kappa shape index (κ3) is 4.69. The van der Waals surface area contributed by atoms with Crippen molar-refractivity contribution < 1.29 is 17.5 Å². The number of anilines is 2. The Hall–Kier alpha value is -2.12. The molecule has 2 aromatic rings. The van der Waals surface area contributed by atoms with Crippen molar-refractivity contribution in [1.29, 1.82) is 0 Å². The maximum Gasteiger partial charge on any atom is 0.262 e. The predicted octanol–water partition coefficient (Wildman–Crippen LogP) is 3.38. The van der Waals surface area contributed by atoms with Crippen molar-refractivity contribution in [3.8, 4) is 0 Å². The first-order chi connectivity index (χ1) is 11.4. The number of nitrogens with one attached hydrogen (secondary N) is 2. The lowest BCUT2D eigenvalue weighted by atomic mass is 10.2. The molecule has 0 aliphatic carbocycles. The van der Waals surface area contributed by atoms with Crippen molar-refractivity contribution in [2.75, 3.05) is 30.3 Å². The first-order valence-corrected chi connectivity index (χ1v) is 9.03. The van der Waals surface area contributed by atoms with Crippen molar-refractivity contribution in [3.63, 3.8) is 0 Å². The molecule has 7 heteroatoms. The van der Waals surface area contributed by atoms with Gasteiger partial charge in [-0.05, 0) is 37.6 Å². The number of hydrogen-bond donors (Lipinski definition) is 2. The molecule has 5 nitrogen and oxygen atoms in total. The highest BCUT2D eigenvalue weighted by Crippen LogP contribution is 2.27. The Labute approximate surface area is 141 Å². The molecule has 0 amide bonds. The number of sulfonamides is 1. The fourth-order valence-corrected chi connectivity index (χ4v) is 3.21. The Morgan fingerprint density at radius 3 is 2.50 bits per heavy atom. The van der Waals surface area contributed by atoms with Crippen LogP contribution in [0.3, 0.4) is 0 Å². The number of rotatable bonds is 8. The van der Waals surface area contributed by atoms with Gasteiger partial charge in [0.1, 0.15) is 11.5 Å². The van der Waals surface area contributed by atoms with E-state index in [1.807, 2.05) is 6.92 Å². The summed E-state index contributed by atoms with van der Waals surface area (Å²) in [7, 11) is -2.26. The van der Waals surface area contributed by atoms with Crippen LogP contribution in [0.2, 0.25) is 0 Å². The monoisotopic (exact) mass is 352 g/mol. The second-order valence-electron chi connectivity index (χ2n) is 5.35. The van der Waals surface area contributed by atoms with E-state index in [1.165, 1.54) is 24.3 Å². The van der Waals surface area contributed by atoms with Crippen LogP contribution in [-0.2, 0) is 14.8 Å². The molecule has 0 radical (unpaired) electrons. The standard InChI is InChI=1S/C17H21FN2O3S/c1-13-7-9-14(10-8-13)24(21,22)20-17-15(18)5-3-6-16(17)19-11-4-12-23-2/h3,5-10,19-20H,4,11-12H2,1-2H3. The topological polar surface area (TPSA) is 67.4 Å². The fourth-order valence-electron chi connectivity index (χ4n) is 2.13. The van der Waals surface area contributed by atoms with Gasteiger partial charge in [-0.15, -0.1) is 0 Å². The zero-order valence-corrected chi connectivity index (χ0v) is 14.5. The highest BCUT2D eigenvalue weighted by atomic mass is 32.2. The first kappa shape index (κ1) is 18.2. The number of halogens is 1. The van der Waals surface area contributed by atoms with E-state index >= 15 is 0 Å². The quantitative estimate of drug-likeness (QED) is 0.715. The average molecular weight is 352 g/mol. The van der Waals surface area contributed by atoms with Crippen LogP contribution >= 0.6 is 0 Å². The summed E-state index contributed by atoms with van der Waals surface area (Å²) < 4.78 is 46.4. The summed E-state index contributed by atoms with van der Waals surface area (Å²) in [5.74, 6) is -0.637. The van der Waals surface area contributed by atoms with Gasteiger partial charge in [0.25, 0.3) is 10.0 Å². The maximum atomic E-state index is 14.1. The van der Waals surface area contributed by atoms with E-state index < -0.39 is 15.8 Å². The van der Waals surface area contributed by atoms with Crippen LogP contribution < -0.4 is 10.0 Å². The molecule has 0 aromatic heterocycles. The SMILES string of the molecule is COCCCNc1cccc(F)c1NS(=O)(=O)c1ccc(C)cc1. The smallest absolute Gasteiger partial charge is 0.262 e. The molecule has 0 saturated heterocycles. The van der Waals surface area contributed by atoms with Crippen LogP contribution in [-0.4, -0.2) is 28.7 Å². The van der Waals surface area contributed by atoms with Crippen molar-refractivity contribution in [1.82, 2.24) is 0 Å². The van der Waals surface area contributed by atoms with E-state index in [0.29, 0.717) is 18.8 Å². The zero-order chi connectivity index (χ0) is 17.6. The van der Waals surface area contributed by atoms with E-state index in [9.17, 15) is 12.8 Å². The van der Waals surface area contributed by atoms with Crippen molar-refractivity contribution in [2.24, 2.45) is 0 Å². The van der Waals surface area contributed by atoms with Gasteiger partial charge in [0.2, 0.25) is 0 Å². The highest BCUT2D eigenvalue weighted by molar-refractivity contribution is 7.92. The Morgan fingerprint density at radius 1 is 1.12 bits per heavy atom. The van der Waals surface area contributed by atoms with Gasteiger partial charge in [-0.3, -0.25) is 4.72 Å². The van der Waals surface area contributed by atoms with Crippen molar-refractivity contribution in [2.45, 2.75) is 18.2 Å². The summed E-state index contributed by atoms with van der Waals surface area (Å²) in [6.07, 6.45) is 0.719. The third-order valence-electron chi connectivity index (χ3n) is 3.42. The normalized spacial score (nSPS) is 11.3. The number of methoxy groups -OCH3 is 1. The lowest BCUT2D eigenvalue weighted by Crippen LogP contribution is -2.16. The van der Waals surface area contributed by atoms with Crippen LogP contribution in [0, 0.1) is 12.7 Å². The van der Waals surface area contributed by atoms with E-state index in [2.05, 4.69) is 10.0 Å². The minimum absolute atomic E-state index is 0.0849. The van der Waals surface area contributed by atoms with Crippen LogP contribution in [0.4, 0.5) is 15.8 Å². The predicted molar refractivity (Wildman–Crippen MR) is 93.4 cm³/mol. The Balaban J connectivity index is 2.23. The molecule has 0 saturated carbocycles. The summed E-state index contributed by atoms with van der Waals surface area (Å²) in [5.41, 5.74) is 1.25. The Kier molecular flexibility index (Phi) is 6.16. The first-order valence-electron chi connectivity index (χ1n) is 7.55. The highest BCUT2D eigenvalue weighted by Gasteiger charge is 2.18. The van der Waals surface area contributed by atoms with E-state index in [1.54, 1.807) is 25.3 Å². The van der Waals surface area contributed by atoms with Gasteiger partial charge < -0.3 is 10.1 Å². The summed E-state index contributed by atoms with van der Waals surface area (Å²) in [6, 6.07) is 10.7. The minimum atomic E-state index is -3.87. The molecule has 0 spiro atoms. The Bertz CT molecular complexity index is 777. The van der Waals surface area contributed by atoms with Gasteiger partial charge >= 0.3 is 0 Å². The average Bonchev–Trinajstić information content (AvgIpc) is 2.55. The number of aryl methyl sites for hydroxylation is 1. The molecule has 0 atom stereocenters. The second-order valence-corrected chi connectivity index (χ2v) is 7.04. The molecule has 0 unspecified atom stereocenters. The van der Waals surface area contributed by atoms with Crippen LogP contribution in [0.5, 0.6) is 0 Å². The van der Waals surface area contributed by atoms with Crippen molar-refractivity contribution >= 4 is 21.4 Å². The molecule has 0 fully saturated rings. The van der Waals surface area contributed by atoms with Gasteiger partial charge in [-0.25, -0.2) is 12.8 Å². The van der Waals surface area contributed by atoms with Crippen LogP contribution in [0.15, 0.2) is 47.4 Å².